The number of Topliss-reactive ketones (excluding diaryl/α,β-unsaturated/α-hetero) is 1. The zero-order valence-corrected chi connectivity index (χ0v) is 16.5. The normalized spacial score (nSPS) is 11.5. The molecule has 0 radical (unpaired) electrons. The molecule has 0 aliphatic carbocycles. The maximum absolute atomic E-state index is 12.0. The first-order valence-electron chi connectivity index (χ1n) is 9.53. The fourth-order valence-corrected chi connectivity index (χ4v) is 2.69. The fraction of sp³-hybridized carbons (Fsp3) is 0.348. The number of carbonyl (C=O) groups excluding carboxylic acids is 1. The van der Waals surface area contributed by atoms with Gasteiger partial charge in [-0.3, -0.25) is 4.79 Å². The maximum Gasteiger partial charge on any atom is 0.194 e. The van der Waals surface area contributed by atoms with Crippen LogP contribution >= 0.6 is 0 Å². The molecule has 0 aliphatic heterocycles. The monoisotopic (exact) mass is 367 g/mol. The number of nitrogens with zero attached hydrogens (tertiary/aromatic N) is 1. The van der Waals surface area contributed by atoms with Crippen molar-refractivity contribution in [1.29, 1.82) is 0 Å². The lowest BCUT2D eigenvalue weighted by Crippen LogP contribution is -2.25. The minimum Gasteiger partial charge on any atom is -0.490 e. The molecule has 27 heavy (non-hydrogen) atoms. The predicted molar refractivity (Wildman–Crippen MR) is 110 cm³/mol. The lowest BCUT2D eigenvalue weighted by atomic mass is 10.2. The zero-order valence-electron chi connectivity index (χ0n) is 16.5. The van der Waals surface area contributed by atoms with Crippen LogP contribution in [0.25, 0.3) is 6.08 Å². The van der Waals surface area contributed by atoms with Crippen molar-refractivity contribution in [2.45, 2.75) is 27.2 Å². The lowest BCUT2D eigenvalue weighted by molar-refractivity contribution is -0.115. The minimum atomic E-state index is -0.129. The zero-order chi connectivity index (χ0) is 19.5. The van der Waals surface area contributed by atoms with Crippen LogP contribution in [0.1, 0.15) is 32.8 Å². The molecule has 144 valence electrons. The molecule has 0 aromatic heterocycles. The van der Waals surface area contributed by atoms with Gasteiger partial charge >= 0.3 is 0 Å². The summed E-state index contributed by atoms with van der Waals surface area (Å²) in [4.78, 5) is 14.4. The van der Waals surface area contributed by atoms with Crippen LogP contribution in [0.2, 0.25) is 0 Å². The molecular weight excluding hydrogens is 338 g/mol. The van der Waals surface area contributed by atoms with E-state index in [1.165, 1.54) is 6.92 Å². The molecule has 2 aromatic rings. The van der Waals surface area contributed by atoms with Gasteiger partial charge in [0.25, 0.3) is 0 Å². The summed E-state index contributed by atoms with van der Waals surface area (Å²) in [6, 6.07) is 17.1. The second-order valence-corrected chi connectivity index (χ2v) is 6.25. The Bertz CT molecular complexity index is 736. The Labute approximate surface area is 162 Å². The summed E-state index contributed by atoms with van der Waals surface area (Å²) in [5.74, 6) is 1.37. The van der Waals surface area contributed by atoms with Gasteiger partial charge in [-0.25, -0.2) is 0 Å². The van der Waals surface area contributed by atoms with Crippen LogP contribution in [0.3, 0.4) is 0 Å². The van der Waals surface area contributed by atoms with Crippen LogP contribution in [0.15, 0.2) is 60.4 Å². The van der Waals surface area contributed by atoms with E-state index in [-0.39, 0.29) is 5.78 Å². The highest BCUT2D eigenvalue weighted by Gasteiger charge is 2.11. The SMILES string of the molecule is CCN(CC)CCCOc1ccccc1O/C(=C/c1ccccc1)C(C)=O. The van der Waals surface area contributed by atoms with Crippen molar-refractivity contribution in [2.24, 2.45) is 0 Å². The average Bonchev–Trinajstić information content (AvgIpc) is 2.69. The Morgan fingerprint density at radius 1 is 0.963 bits per heavy atom. The first kappa shape index (κ1) is 20.7. The van der Waals surface area contributed by atoms with Crippen molar-refractivity contribution >= 4 is 11.9 Å². The molecule has 0 saturated carbocycles. The minimum absolute atomic E-state index is 0.129. The van der Waals surface area contributed by atoms with Gasteiger partial charge in [0.1, 0.15) is 0 Å². The molecule has 4 nitrogen and oxygen atoms in total. The first-order chi connectivity index (χ1) is 13.1. The third-order valence-electron chi connectivity index (χ3n) is 4.28. The van der Waals surface area contributed by atoms with Gasteiger partial charge < -0.3 is 14.4 Å². The van der Waals surface area contributed by atoms with E-state index < -0.39 is 0 Å². The molecule has 0 atom stereocenters. The summed E-state index contributed by atoms with van der Waals surface area (Å²) >= 11 is 0. The van der Waals surface area contributed by atoms with Crippen LogP contribution in [0.4, 0.5) is 0 Å². The van der Waals surface area contributed by atoms with Crippen molar-refractivity contribution in [3.63, 3.8) is 0 Å². The van der Waals surface area contributed by atoms with Gasteiger partial charge in [-0.05, 0) is 43.3 Å². The third-order valence-corrected chi connectivity index (χ3v) is 4.28. The molecule has 0 fully saturated rings. The van der Waals surface area contributed by atoms with Gasteiger partial charge in [0.15, 0.2) is 23.0 Å². The molecule has 2 rings (SSSR count). The second-order valence-electron chi connectivity index (χ2n) is 6.25. The Balaban J connectivity index is 2.05. The Morgan fingerprint density at radius 3 is 2.22 bits per heavy atom. The maximum atomic E-state index is 12.0. The molecule has 0 aliphatic rings. The highest BCUT2D eigenvalue weighted by Crippen LogP contribution is 2.29. The summed E-state index contributed by atoms with van der Waals surface area (Å²) in [6.07, 6.45) is 2.69. The van der Waals surface area contributed by atoms with Crippen molar-refractivity contribution < 1.29 is 14.3 Å². The topological polar surface area (TPSA) is 38.8 Å². The molecule has 0 unspecified atom stereocenters. The molecule has 2 aromatic carbocycles. The van der Waals surface area contributed by atoms with E-state index in [0.29, 0.717) is 23.9 Å². The summed E-state index contributed by atoms with van der Waals surface area (Å²) < 4.78 is 11.8. The number of hydrogen-bond donors (Lipinski definition) is 0. The number of allylic oxidation sites excluding steroid dienone is 1. The Morgan fingerprint density at radius 2 is 1.59 bits per heavy atom. The Hall–Kier alpha value is -2.59. The number of para-hydroxylation sites is 2. The highest BCUT2D eigenvalue weighted by atomic mass is 16.5. The fourth-order valence-electron chi connectivity index (χ4n) is 2.69. The molecule has 0 heterocycles. The number of hydrogen-bond acceptors (Lipinski definition) is 4. The van der Waals surface area contributed by atoms with E-state index in [4.69, 9.17) is 9.47 Å². The summed E-state index contributed by atoms with van der Waals surface area (Å²) in [5, 5.41) is 0. The standard InChI is InChI=1S/C23H29NO3/c1-4-24(5-2)16-11-17-26-21-14-9-10-15-22(21)27-23(19(3)25)18-20-12-7-6-8-13-20/h6-10,12-15,18H,4-5,11,16-17H2,1-3H3/b23-18+. The second kappa shape index (κ2) is 11.2. The molecule has 0 bridgehead atoms. The van der Waals surface area contributed by atoms with Gasteiger partial charge in [0.2, 0.25) is 0 Å². The van der Waals surface area contributed by atoms with Crippen LogP contribution in [-0.2, 0) is 4.79 Å². The van der Waals surface area contributed by atoms with Gasteiger partial charge in [0.05, 0.1) is 6.61 Å². The predicted octanol–water partition coefficient (Wildman–Crippen LogP) is 4.81. The average molecular weight is 367 g/mol. The lowest BCUT2D eigenvalue weighted by Gasteiger charge is -2.18. The highest BCUT2D eigenvalue weighted by molar-refractivity contribution is 5.96. The van der Waals surface area contributed by atoms with Gasteiger partial charge in [-0.15, -0.1) is 0 Å². The summed E-state index contributed by atoms with van der Waals surface area (Å²) in [7, 11) is 0. The number of benzene rings is 2. The van der Waals surface area contributed by atoms with E-state index >= 15 is 0 Å². The van der Waals surface area contributed by atoms with Gasteiger partial charge in [-0.2, -0.15) is 0 Å². The molecular formula is C23H29NO3. The smallest absolute Gasteiger partial charge is 0.194 e. The number of carbonyl (C=O) groups is 1. The third kappa shape index (κ3) is 6.91. The number of ether oxygens (including phenoxy) is 2. The van der Waals surface area contributed by atoms with Crippen LogP contribution in [-0.4, -0.2) is 36.9 Å². The van der Waals surface area contributed by atoms with Crippen molar-refractivity contribution in [3.8, 4) is 11.5 Å². The van der Waals surface area contributed by atoms with Crippen molar-refractivity contribution in [3.05, 3.63) is 65.9 Å². The van der Waals surface area contributed by atoms with E-state index in [1.807, 2.05) is 54.6 Å². The molecule has 0 N–H and O–H groups in total. The summed E-state index contributed by atoms with van der Waals surface area (Å²) in [6.45, 7) is 9.52. The van der Waals surface area contributed by atoms with Crippen molar-refractivity contribution in [1.82, 2.24) is 4.90 Å². The van der Waals surface area contributed by atoms with Crippen molar-refractivity contribution in [2.75, 3.05) is 26.2 Å². The first-order valence-corrected chi connectivity index (χ1v) is 9.53. The van der Waals surface area contributed by atoms with E-state index in [2.05, 4.69) is 18.7 Å². The van der Waals surface area contributed by atoms with Crippen LogP contribution < -0.4 is 9.47 Å². The van der Waals surface area contributed by atoms with Gasteiger partial charge in [0, 0.05) is 13.5 Å². The molecule has 4 heteroatoms. The molecule has 0 spiro atoms. The molecule has 0 saturated heterocycles. The van der Waals surface area contributed by atoms with E-state index in [0.717, 1.165) is 31.6 Å². The largest absolute Gasteiger partial charge is 0.490 e. The van der Waals surface area contributed by atoms with E-state index in [1.54, 1.807) is 6.08 Å². The quantitative estimate of drug-likeness (QED) is 0.325. The van der Waals surface area contributed by atoms with Crippen LogP contribution in [0.5, 0.6) is 11.5 Å². The number of ketones is 1. The number of rotatable bonds is 11. The van der Waals surface area contributed by atoms with E-state index in [9.17, 15) is 4.79 Å². The summed E-state index contributed by atoms with van der Waals surface area (Å²) in [5.41, 5.74) is 0.917. The Kier molecular flexibility index (Phi) is 8.59. The molecule has 0 amide bonds. The van der Waals surface area contributed by atoms with Gasteiger partial charge in [-0.1, -0.05) is 56.3 Å². The van der Waals surface area contributed by atoms with Crippen LogP contribution in [0, 0.1) is 0 Å².